The van der Waals surface area contributed by atoms with Crippen LogP contribution >= 0.6 is 0 Å². The molecule has 7 heteroatoms. The SMILES string of the molecule is CCCCNc1cc(C(F)(F)F)nc(NCC)n1. The van der Waals surface area contributed by atoms with Gasteiger partial charge in [-0.25, -0.2) is 4.98 Å². The van der Waals surface area contributed by atoms with E-state index in [1.807, 2.05) is 6.92 Å². The molecule has 0 amide bonds. The summed E-state index contributed by atoms with van der Waals surface area (Å²) in [6, 6.07) is 0.927. The van der Waals surface area contributed by atoms with Crippen LogP contribution in [0.4, 0.5) is 24.9 Å². The summed E-state index contributed by atoms with van der Waals surface area (Å²) in [5, 5.41) is 5.55. The minimum Gasteiger partial charge on any atom is -0.370 e. The molecule has 1 rings (SSSR count). The van der Waals surface area contributed by atoms with Crippen LogP contribution in [0.5, 0.6) is 0 Å². The fourth-order valence-electron chi connectivity index (χ4n) is 1.31. The summed E-state index contributed by atoms with van der Waals surface area (Å²) in [5.74, 6) is 0.188. The van der Waals surface area contributed by atoms with E-state index in [-0.39, 0.29) is 11.8 Å². The van der Waals surface area contributed by atoms with E-state index in [2.05, 4.69) is 20.6 Å². The zero-order valence-corrected chi connectivity index (χ0v) is 10.4. The molecule has 1 aromatic heterocycles. The zero-order valence-electron chi connectivity index (χ0n) is 10.4. The molecule has 0 unspecified atom stereocenters. The number of aromatic nitrogens is 2. The average Bonchev–Trinajstić information content (AvgIpc) is 2.28. The third-order valence-corrected chi connectivity index (χ3v) is 2.19. The van der Waals surface area contributed by atoms with Crippen molar-refractivity contribution in [1.82, 2.24) is 9.97 Å². The van der Waals surface area contributed by atoms with E-state index in [0.29, 0.717) is 13.1 Å². The fourth-order valence-corrected chi connectivity index (χ4v) is 1.31. The van der Waals surface area contributed by atoms with Crippen LogP contribution in [0.2, 0.25) is 0 Å². The van der Waals surface area contributed by atoms with Crippen molar-refractivity contribution in [2.75, 3.05) is 23.7 Å². The van der Waals surface area contributed by atoms with Crippen LogP contribution in [0.1, 0.15) is 32.4 Å². The van der Waals surface area contributed by atoms with Crippen LogP contribution in [0.3, 0.4) is 0 Å². The van der Waals surface area contributed by atoms with Crippen LogP contribution in [-0.4, -0.2) is 23.1 Å². The maximum atomic E-state index is 12.6. The Morgan fingerprint density at radius 1 is 1.17 bits per heavy atom. The van der Waals surface area contributed by atoms with Crippen LogP contribution in [0.25, 0.3) is 0 Å². The summed E-state index contributed by atoms with van der Waals surface area (Å²) in [5.41, 5.74) is -0.938. The molecule has 0 aliphatic carbocycles. The Labute approximate surface area is 104 Å². The van der Waals surface area contributed by atoms with Crippen molar-refractivity contribution in [3.63, 3.8) is 0 Å². The van der Waals surface area contributed by atoms with Crippen molar-refractivity contribution in [1.29, 1.82) is 0 Å². The predicted octanol–water partition coefficient (Wildman–Crippen LogP) is 3.14. The standard InChI is InChI=1S/C11H17F3N4/c1-3-5-6-16-9-7-8(11(12,13)14)17-10(18-9)15-4-2/h7H,3-6H2,1-2H3,(H2,15,16,17,18). The van der Waals surface area contributed by atoms with Gasteiger partial charge < -0.3 is 10.6 Å². The molecule has 0 radical (unpaired) electrons. The smallest absolute Gasteiger partial charge is 0.370 e. The maximum absolute atomic E-state index is 12.6. The molecular formula is C11H17F3N4. The van der Waals surface area contributed by atoms with Gasteiger partial charge >= 0.3 is 6.18 Å². The summed E-state index contributed by atoms with van der Waals surface area (Å²) >= 11 is 0. The first kappa shape index (κ1) is 14.5. The Balaban J connectivity index is 2.91. The highest BCUT2D eigenvalue weighted by molar-refractivity contribution is 5.43. The number of hydrogen-bond acceptors (Lipinski definition) is 4. The van der Waals surface area contributed by atoms with E-state index < -0.39 is 11.9 Å². The number of anilines is 2. The number of nitrogens with zero attached hydrogens (tertiary/aromatic N) is 2. The number of hydrogen-bond donors (Lipinski definition) is 2. The molecule has 1 heterocycles. The molecule has 0 aliphatic rings. The van der Waals surface area contributed by atoms with E-state index in [0.717, 1.165) is 18.9 Å². The summed E-state index contributed by atoms with van der Waals surface area (Å²) < 4.78 is 37.9. The largest absolute Gasteiger partial charge is 0.433 e. The molecule has 18 heavy (non-hydrogen) atoms. The molecule has 102 valence electrons. The third-order valence-electron chi connectivity index (χ3n) is 2.19. The van der Waals surface area contributed by atoms with Crippen molar-refractivity contribution < 1.29 is 13.2 Å². The van der Waals surface area contributed by atoms with Crippen LogP contribution in [0, 0.1) is 0 Å². The van der Waals surface area contributed by atoms with E-state index in [1.54, 1.807) is 6.92 Å². The second-order valence-corrected chi connectivity index (χ2v) is 3.77. The molecule has 0 spiro atoms. The van der Waals surface area contributed by atoms with Gasteiger partial charge in [0.25, 0.3) is 0 Å². The summed E-state index contributed by atoms with van der Waals surface area (Å²) in [7, 11) is 0. The Kier molecular flexibility index (Phi) is 5.18. The highest BCUT2D eigenvalue weighted by Crippen LogP contribution is 2.29. The van der Waals surface area contributed by atoms with E-state index in [1.165, 1.54) is 0 Å². The maximum Gasteiger partial charge on any atom is 0.433 e. The minimum absolute atomic E-state index is 0.00803. The normalized spacial score (nSPS) is 11.4. The Hall–Kier alpha value is -1.53. The van der Waals surface area contributed by atoms with Crippen molar-refractivity contribution in [3.8, 4) is 0 Å². The second kappa shape index (κ2) is 6.42. The predicted molar refractivity (Wildman–Crippen MR) is 64.6 cm³/mol. The Morgan fingerprint density at radius 3 is 2.44 bits per heavy atom. The van der Waals surface area contributed by atoms with E-state index >= 15 is 0 Å². The lowest BCUT2D eigenvalue weighted by Crippen LogP contribution is -2.14. The highest BCUT2D eigenvalue weighted by Gasteiger charge is 2.33. The molecule has 0 saturated carbocycles. The Bertz CT molecular complexity index is 379. The minimum atomic E-state index is -4.46. The van der Waals surface area contributed by atoms with Gasteiger partial charge in [0.05, 0.1) is 0 Å². The number of halogens is 3. The van der Waals surface area contributed by atoms with Crippen LogP contribution in [0.15, 0.2) is 6.07 Å². The summed E-state index contributed by atoms with van der Waals surface area (Å²) in [6.07, 6.45) is -2.62. The van der Waals surface area contributed by atoms with Crippen LogP contribution < -0.4 is 10.6 Å². The van der Waals surface area contributed by atoms with Crippen LogP contribution in [-0.2, 0) is 6.18 Å². The van der Waals surface area contributed by atoms with Gasteiger partial charge in [-0.3, -0.25) is 0 Å². The first-order valence-electron chi connectivity index (χ1n) is 5.91. The molecule has 0 aromatic carbocycles. The average molecular weight is 262 g/mol. The monoisotopic (exact) mass is 262 g/mol. The van der Waals surface area contributed by atoms with Gasteiger partial charge in [0.2, 0.25) is 5.95 Å². The van der Waals surface area contributed by atoms with Gasteiger partial charge in [0.15, 0.2) is 5.69 Å². The fraction of sp³-hybridized carbons (Fsp3) is 0.636. The lowest BCUT2D eigenvalue weighted by molar-refractivity contribution is -0.141. The van der Waals surface area contributed by atoms with Crippen molar-refractivity contribution in [3.05, 3.63) is 11.8 Å². The summed E-state index contributed by atoms with van der Waals surface area (Å²) in [6.45, 7) is 4.84. The van der Waals surface area contributed by atoms with Gasteiger partial charge in [-0.1, -0.05) is 13.3 Å². The van der Waals surface area contributed by atoms with Crippen molar-refractivity contribution in [2.24, 2.45) is 0 Å². The Morgan fingerprint density at radius 2 is 1.89 bits per heavy atom. The molecule has 0 aliphatic heterocycles. The van der Waals surface area contributed by atoms with E-state index in [4.69, 9.17) is 0 Å². The van der Waals surface area contributed by atoms with Crippen molar-refractivity contribution >= 4 is 11.8 Å². The zero-order chi connectivity index (χ0) is 13.6. The highest BCUT2D eigenvalue weighted by atomic mass is 19.4. The third kappa shape index (κ3) is 4.38. The van der Waals surface area contributed by atoms with Gasteiger partial charge in [-0.05, 0) is 13.3 Å². The first-order valence-corrected chi connectivity index (χ1v) is 5.91. The molecule has 0 saturated heterocycles. The first-order chi connectivity index (χ1) is 8.47. The molecule has 0 fully saturated rings. The lowest BCUT2D eigenvalue weighted by atomic mass is 10.3. The number of unbranched alkanes of at least 4 members (excludes halogenated alkanes) is 1. The number of alkyl halides is 3. The quantitative estimate of drug-likeness (QED) is 0.773. The molecule has 4 nitrogen and oxygen atoms in total. The topological polar surface area (TPSA) is 49.8 Å². The lowest BCUT2D eigenvalue weighted by Gasteiger charge is -2.11. The van der Waals surface area contributed by atoms with Crippen molar-refractivity contribution in [2.45, 2.75) is 32.9 Å². The van der Waals surface area contributed by atoms with Gasteiger partial charge in [-0.2, -0.15) is 18.2 Å². The number of rotatable bonds is 6. The molecular weight excluding hydrogens is 245 g/mol. The summed E-state index contributed by atoms with van der Waals surface area (Å²) in [4.78, 5) is 7.41. The van der Waals surface area contributed by atoms with Gasteiger partial charge in [0.1, 0.15) is 5.82 Å². The molecule has 1 aromatic rings. The molecule has 0 bridgehead atoms. The van der Waals surface area contributed by atoms with Gasteiger partial charge in [0, 0.05) is 19.2 Å². The number of nitrogens with one attached hydrogen (secondary N) is 2. The second-order valence-electron chi connectivity index (χ2n) is 3.77. The van der Waals surface area contributed by atoms with Gasteiger partial charge in [-0.15, -0.1) is 0 Å². The molecule has 0 atom stereocenters. The van der Waals surface area contributed by atoms with E-state index in [9.17, 15) is 13.2 Å². The molecule has 2 N–H and O–H groups in total.